The first kappa shape index (κ1) is 27.0. The number of nitrogens with one attached hydrogen (secondary N) is 1. The van der Waals surface area contributed by atoms with E-state index in [1.165, 1.54) is 11.0 Å². The molecule has 0 saturated heterocycles. The molecule has 2 aromatic carbocycles. The van der Waals surface area contributed by atoms with Crippen LogP contribution in [0, 0.1) is 0 Å². The normalized spacial score (nSPS) is 12.7. The fourth-order valence-electron chi connectivity index (χ4n) is 3.13. The minimum absolute atomic E-state index is 0.0747. The summed E-state index contributed by atoms with van der Waals surface area (Å²) in [6.07, 6.45) is 1.01. The molecular formula is C23H29Cl2N3O4S. The van der Waals surface area contributed by atoms with Crippen molar-refractivity contribution in [3.8, 4) is 0 Å². The maximum absolute atomic E-state index is 13.4. The molecule has 0 spiro atoms. The van der Waals surface area contributed by atoms with E-state index in [4.69, 9.17) is 23.2 Å². The first-order valence-electron chi connectivity index (χ1n) is 10.3. The molecule has 7 nitrogen and oxygen atoms in total. The number of nitrogens with zero attached hydrogens (tertiary/aromatic N) is 2. The van der Waals surface area contributed by atoms with E-state index < -0.39 is 34.1 Å². The van der Waals surface area contributed by atoms with Crippen molar-refractivity contribution in [1.82, 2.24) is 10.2 Å². The highest BCUT2D eigenvalue weighted by Gasteiger charge is 2.31. The lowest BCUT2D eigenvalue weighted by molar-refractivity contribution is -0.140. The van der Waals surface area contributed by atoms with Gasteiger partial charge in [0.2, 0.25) is 21.8 Å². The van der Waals surface area contributed by atoms with Gasteiger partial charge in [0.15, 0.2) is 0 Å². The number of anilines is 1. The van der Waals surface area contributed by atoms with Crippen LogP contribution in [0.3, 0.4) is 0 Å². The van der Waals surface area contributed by atoms with Gasteiger partial charge in [-0.15, -0.1) is 0 Å². The monoisotopic (exact) mass is 513 g/mol. The summed E-state index contributed by atoms with van der Waals surface area (Å²) in [5, 5.41) is 3.69. The van der Waals surface area contributed by atoms with Crippen molar-refractivity contribution in [3.63, 3.8) is 0 Å². The van der Waals surface area contributed by atoms with Gasteiger partial charge in [0, 0.05) is 22.1 Å². The van der Waals surface area contributed by atoms with Crippen LogP contribution in [-0.4, -0.2) is 49.5 Å². The third-order valence-electron chi connectivity index (χ3n) is 4.68. The van der Waals surface area contributed by atoms with Gasteiger partial charge in [0.1, 0.15) is 12.6 Å². The summed E-state index contributed by atoms with van der Waals surface area (Å²) >= 11 is 12.1. The number of carbonyl (C=O) groups is 2. The largest absolute Gasteiger partial charge is 0.350 e. The van der Waals surface area contributed by atoms with Gasteiger partial charge >= 0.3 is 0 Å². The number of benzene rings is 2. The second kappa shape index (κ2) is 10.8. The molecular weight excluding hydrogens is 485 g/mol. The van der Waals surface area contributed by atoms with E-state index in [1.807, 2.05) is 20.8 Å². The van der Waals surface area contributed by atoms with Crippen LogP contribution in [0.5, 0.6) is 0 Å². The van der Waals surface area contributed by atoms with Gasteiger partial charge in [-0.2, -0.15) is 0 Å². The lowest BCUT2D eigenvalue weighted by Gasteiger charge is -2.33. The molecule has 0 saturated carbocycles. The number of hydrogen-bond acceptors (Lipinski definition) is 4. The Bertz CT molecular complexity index is 1120. The summed E-state index contributed by atoms with van der Waals surface area (Å²) in [6, 6.07) is 12.3. The zero-order valence-electron chi connectivity index (χ0n) is 19.3. The summed E-state index contributed by atoms with van der Waals surface area (Å²) in [6.45, 7) is 6.70. The van der Waals surface area contributed by atoms with Crippen LogP contribution in [0.15, 0.2) is 48.5 Å². The molecule has 2 amide bonds. The number of sulfonamides is 1. The van der Waals surface area contributed by atoms with Crippen molar-refractivity contribution in [2.75, 3.05) is 17.1 Å². The summed E-state index contributed by atoms with van der Waals surface area (Å²) in [7, 11) is -3.81. The first-order valence-corrected chi connectivity index (χ1v) is 12.9. The van der Waals surface area contributed by atoms with Crippen LogP contribution in [0.2, 0.25) is 10.0 Å². The fraction of sp³-hybridized carbons (Fsp3) is 0.391. The van der Waals surface area contributed by atoms with Crippen LogP contribution in [0.4, 0.5) is 5.69 Å². The Labute approximate surface area is 205 Å². The number of halogens is 2. The molecule has 10 heteroatoms. The van der Waals surface area contributed by atoms with Gasteiger partial charge in [0.05, 0.1) is 11.9 Å². The third-order valence-corrected chi connectivity index (χ3v) is 6.29. The summed E-state index contributed by atoms with van der Waals surface area (Å²) in [5.74, 6) is -0.900. The zero-order chi connectivity index (χ0) is 25.0. The second-order valence-electron chi connectivity index (χ2n) is 8.82. The predicted octanol–water partition coefficient (Wildman–Crippen LogP) is 4.09. The van der Waals surface area contributed by atoms with Gasteiger partial charge in [-0.1, -0.05) is 41.4 Å². The van der Waals surface area contributed by atoms with Crippen molar-refractivity contribution < 1.29 is 18.0 Å². The summed E-state index contributed by atoms with van der Waals surface area (Å²) in [4.78, 5) is 27.7. The standard InChI is InChI=1S/C23H29Cl2N3O4S/c1-16(22(30)26-23(2,3)4)27(14-17-8-6-9-18(24)12-17)21(29)15-28(33(5,31)32)20-11-7-10-19(25)13-20/h6-13,16H,14-15H2,1-5H3,(H,26,30). The van der Waals surface area contributed by atoms with E-state index in [2.05, 4.69) is 5.32 Å². The van der Waals surface area contributed by atoms with E-state index in [9.17, 15) is 18.0 Å². The maximum atomic E-state index is 13.4. The molecule has 1 N–H and O–H groups in total. The average molecular weight is 514 g/mol. The Hall–Kier alpha value is -2.29. The lowest BCUT2D eigenvalue weighted by atomic mass is 10.1. The van der Waals surface area contributed by atoms with Crippen LogP contribution in [-0.2, 0) is 26.2 Å². The molecule has 2 aromatic rings. The highest BCUT2D eigenvalue weighted by Crippen LogP contribution is 2.23. The van der Waals surface area contributed by atoms with Crippen LogP contribution in [0.1, 0.15) is 33.3 Å². The van der Waals surface area contributed by atoms with Gasteiger partial charge < -0.3 is 10.2 Å². The van der Waals surface area contributed by atoms with Crippen LogP contribution in [0.25, 0.3) is 0 Å². The Morgan fingerprint density at radius 3 is 2.12 bits per heavy atom. The van der Waals surface area contributed by atoms with E-state index in [-0.39, 0.29) is 18.1 Å². The zero-order valence-corrected chi connectivity index (χ0v) is 21.6. The highest BCUT2D eigenvalue weighted by molar-refractivity contribution is 7.92. The second-order valence-corrected chi connectivity index (χ2v) is 11.6. The van der Waals surface area contributed by atoms with Gasteiger partial charge in [0.25, 0.3) is 0 Å². The first-order chi connectivity index (χ1) is 15.2. The molecule has 0 aliphatic heterocycles. The molecule has 2 rings (SSSR count). The topological polar surface area (TPSA) is 86.8 Å². The van der Waals surface area contributed by atoms with Crippen molar-refractivity contribution in [2.45, 2.75) is 45.8 Å². The highest BCUT2D eigenvalue weighted by atomic mass is 35.5. The fourth-order valence-corrected chi connectivity index (χ4v) is 4.37. The Kier molecular flexibility index (Phi) is 8.79. The van der Waals surface area contributed by atoms with E-state index in [1.54, 1.807) is 49.4 Å². The smallest absolute Gasteiger partial charge is 0.244 e. The summed E-state index contributed by atoms with van der Waals surface area (Å²) in [5.41, 5.74) is 0.461. The number of rotatable bonds is 8. The van der Waals surface area contributed by atoms with Crippen molar-refractivity contribution in [1.29, 1.82) is 0 Å². The van der Waals surface area contributed by atoms with Crippen molar-refractivity contribution in [3.05, 3.63) is 64.1 Å². The van der Waals surface area contributed by atoms with Gasteiger partial charge in [-0.3, -0.25) is 13.9 Å². The SMILES string of the molecule is CC(C(=O)NC(C)(C)C)N(Cc1cccc(Cl)c1)C(=O)CN(c1cccc(Cl)c1)S(C)(=O)=O. The van der Waals surface area contributed by atoms with Crippen molar-refractivity contribution in [2.24, 2.45) is 0 Å². The minimum atomic E-state index is -3.81. The molecule has 1 unspecified atom stereocenters. The Balaban J connectivity index is 2.41. The summed E-state index contributed by atoms with van der Waals surface area (Å²) < 4.78 is 26.0. The predicted molar refractivity (Wildman–Crippen MR) is 133 cm³/mol. The molecule has 0 aliphatic rings. The van der Waals surface area contributed by atoms with E-state index in [0.29, 0.717) is 15.6 Å². The average Bonchev–Trinajstić information content (AvgIpc) is 2.67. The van der Waals surface area contributed by atoms with E-state index in [0.717, 1.165) is 10.6 Å². The Morgan fingerprint density at radius 1 is 1.03 bits per heavy atom. The van der Waals surface area contributed by atoms with Crippen molar-refractivity contribution >= 4 is 50.7 Å². The molecule has 0 aromatic heterocycles. The molecule has 0 aliphatic carbocycles. The number of carbonyl (C=O) groups excluding carboxylic acids is 2. The molecule has 0 bridgehead atoms. The van der Waals surface area contributed by atoms with Gasteiger partial charge in [-0.05, 0) is 63.6 Å². The molecule has 0 fully saturated rings. The molecule has 0 heterocycles. The van der Waals surface area contributed by atoms with Crippen LogP contribution < -0.4 is 9.62 Å². The molecule has 0 radical (unpaired) electrons. The quantitative estimate of drug-likeness (QED) is 0.575. The number of amides is 2. The minimum Gasteiger partial charge on any atom is -0.350 e. The van der Waals surface area contributed by atoms with E-state index >= 15 is 0 Å². The maximum Gasteiger partial charge on any atom is 0.244 e. The van der Waals surface area contributed by atoms with Gasteiger partial charge in [-0.25, -0.2) is 8.42 Å². The molecule has 33 heavy (non-hydrogen) atoms. The molecule has 1 atom stereocenters. The third kappa shape index (κ3) is 8.21. The Morgan fingerprint density at radius 2 is 1.61 bits per heavy atom. The lowest BCUT2D eigenvalue weighted by Crippen LogP contribution is -2.54. The number of hydrogen-bond donors (Lipinski definition) is 1. The van der Waals surface area contributed by atoms with Crippen LogP contribution >= 0.6 is 23.2 Å². The molecule has 180 valence electrons.